The lowest BCUT2D eigenvalue weighted by Gasteiger charge is -2.08. The minimum atomic E-state index is -2.66. The van der Waals surface area contributed by atoms with Crippen molar-refractivity contribution in [1.29, 1.82) is 0 Å². The summed E-state index contributed by atoms with van der Waals surface area (Å²) < 4.78 is 28.8. The van der Waals surface area contributed by atoms with Crippen LogP contribution < -0.4 is 10.1 Å². The van der Waals surface area contributed by atoms with E-state index in [2.05, 4.69) is 5.32 Å². The highest BCUT2D eigenvalue weighted by Crippen LogP contribution is 2.28. The standard InChI is InChI=1S/C12H16F2N2O3/c1-2-5-15-7-9-3-4-11(19-8-12(13)14)10(6-9)16(17)18/h3-4,6,12,15H,2,5,7-8H2,1H3. The number of ether oxygens (including phenoxy) is 1. The number of nitro groups is 1. The van der Waals surface area contributed by atoms with Crippen LogP contribution in [0.15, 0.2) is 18.2 Å². The molecule has 0 aliphatic rings. The Kier molecular flexibility index (Phi) is 6.14. The minimum absolute atomic E-state index is 0.135. The van der Waals surface area contributed by atoms with Crippen molar-refractivity contribution in [3.8, 4) is 5.75 Å². The third-order valence-electron chi connectivity index (χ3n) is 2.34. The summed E-state index contributed by atoms with van der Waals surface area (Å²) in [5, 5.41) is 14.0. The Bertz CT molecular complexity index is 427. The van der Waals surface area contributed by atoms with Gasteiger partial charge in [-0.1, -0.05) is 13.0 Å². The normalized spacial score (nSPS) is 10.7. The van der Waals surface area contributed by atoms with Crippen molar-refractivity contribution in [2.45, 2.75) is 26.3 Å². The number of hydrogen-bond acceptors (Lipinski definition) is 4. The molecule has 0 unspecified atom stereocenters. The van der Waals surface area contributed by atoms with Gasteiger partial charge in [0.1, 0.15) is 6.61 Å². The molecule has 7 heteroatoms. The van der Waals surface area contributed by atoms with Gasteiger partial charge in [-0.2, -0.15) is 0 Å². The Morgan fingerprint density at radius 3 is 2.79 bits per heavy atom. The van der Waals surface area contributed by atoms with Gasteiger partial charge in [0.2, 0.25) is 0 Å². The van der Waals surface area contributed by atoms with E-state index in [-0.39, 0.29) is 11.4 Å². The quantitative estimate of drug-likeness (QED) is 0.450. The van der Waals surface area contributed by atoms with Crippen molar-refractivity contribution in [3.05, 3.63) is 33.9 Å². The summed E-state index contributed by atoms with van der Waals surface area (Å²) in [7, 11) is 0. The van der Waals surface area contributed by atoms with E-state index in [1.165, 1.54) is 12.1 Å². The molecule has 19 heavy (non-hydrogen) atoms. The zero-order valence-electron chi connectivity index (χ0n) is 10.6. The molecule has 1 aromatic carbocycles. The summed E-state index contributed by atoms with van der Waals surface area (Å²) in [6, 6.07) is 4.31. The van der Waals surface area contributed by atoms with Gasteiger partial charge in [0, 0.05) is 12.6 Å². The summed E-state index contributed by atoms with van der Waals surface area (Å²) in [4.78, 5) is 10.2. The molecular formula is C12H16F2N2O3. The van der Waals surface area contributed by atoms with Crippen LogP contribution in [0.1, 0.15) is 18.9 Å². The lowest BCUT2D eigenvalue weighted by atomic mass is 10.2. The summed E-state index contributed by atoms with van der Waals surface area (Å²) in [6.07, 6.45) is -1.71. The Morgan fingerprint density at radius 2 is 2.21 bits per heavy atom. The SMILES string of the molecule is CCCNCc1ccc(OCC(F)F)c([N+](=O)[O-])c1. The highest BCUT2D eigenvalue weighted by molar-refractivity contribution is 5.48. The first-order chi connectivity index (χ1) is 9.04. The fourth-order valence-corrected chi connectivity index (χ4v) is 1.50. The van der Waals surface area contributed by atoms with Gasteiger partial charge in [-0.25, -0.2) is 8.78 Å². The monoisotopic (exact) mass is 274 g/mol. The molecule has 106 valence electrons. The topological polar surface area (TPSA) is 64.4 Å². The molecule has 0 radical (unpaired) electrons. The van der Waals surface area contributed by atoms with Crippen LogP contribution in [0, 0.1) is 10.1 Å². The van der Waals surface area contributed by atoms with E-state index in [4.69, 9.17) is 4.74 Å². The average Bonchev–Trinajstić information content (AvgIpc) is 2.37. The molecule has 0 aromatic heterocycles. The average molecular weight is 274 g/mol. The number of alkyl halides is 2. The van der Waals surface area contributed by atoms with Crippen LogP contribution in [0.3, 0.4) is 0 Å². The summed E-state index contributed by atoms with van der Waals surface area (Å²) in [6.45, 7) is 2.45. The maximum atomic E-state index is 12.0. The van der Waals surface area contributed by atoms with E-state index in [0.717, 1.165) is 13.0 Å². The first-order valence-corrected chi connectivity index (χ1v) is 5.93. The zero-order chi connectivity index (χ0) is 14.3. The molecule has 5 nitrogen and oxygen atoms in total. The largest absolute Gasteiger partial charge is 0.481 e. The van der Waals surface area contributed by atoms with E-state index in [9.17, 15) is 18.9 Å². The number of nitrogens with one attached hydrogen (secondary N) is 1. The Balaban J connectivity index is 2.79. The predicted molar refractivity (Wildman–Crippen MR) is 66.6 cm³/mol. The first kappa shape index (κ1) is 15.3. The van der Waals surface area contributed by atoms with Crippen molar-refractivity contribution in [3.63, 3.8) is 0 Å². The Morgan fingerprint density at radius 1 is 1.47 bits per heavy atom. The maximum Gasteiger partial charge on any atom is 0.311 e. The van der Waals surface area contributed by atoms with Crippen LogP contribution in [0.5, 0.6) is 5.75 Å². The number of benzene rings is 1. The number of rotatable bonds is 8. The molecule has 0 amide bonds. The van der Waals surface area contributed by atoms with Crippen LogP contribution in [0.2, 0.25) is 0 Å². The van der Waals surface area contributed by atoms with Gasteiger partial charge in [-0.05, 0) is 24.6 Å². The van der Waals surface area contributed by atoms with Gasteiger partial charge in [0.15, 0.2) is 5.75 Å². The minimum Gasteiger partial charge on any atom is -0.481 e. The van der Waals surface area contributed by atoms with Gasteiger partial charge < -0.3 is 10.1 Å². The molecule has 0 heterocycles. The highest BCUT2D eigenvalue weighted by Gasteiger charge is 2.17. The number of nitrogens with zero attached hydrogens (tertiary/aromatic N) is 1. The van der Waals surface area contributed by atoms with Crippen LogP contribution in [0.25, 0.3) is 0 Å². The van der Waals surface area contributed by atoms with E-state index >= 15 is 0 Å². The van der Waals surface area contributed by atoms with E-state index in [1.54, 1.807) is 6.07 Å². The second-order valence-electron chi connectivity index (χ2n) is 3.94. The van der Waals surface area contributed by atoms with Crippen LogP contribution in [-0.2, 0) is 6.54 Å². The van der Waals surface area contributed by atoms with E-state index in [1.807, 2.05) is 6.92 Å². The molecule has 1 aromatic rings. The van der Waals surface area contributed by atoms with Gasteiger partial charge in [0.05, 0.1) is 4.92 Å². The molecule has 1 N–H and O–H groups in total. The highest BCUT2D eigenvalue weighted by atomic mass is 19.3. The summed E-state index contributed by atoms with van der Waals surface area (Å²) in [5.74, 6) is -0.135. The molecule has 0 saturated carbocycles. The molecule has 0 saturated heterocycles. The van der Waals surface area contributed by atoms with Crippen molar-refractivity contribution >= 4 is 5.69 Å². The fourth-order valence-electron chi connectivity index (χ4n) is 1.50. The van der Waals surface area contributed by atoms with Crippen LogP contribution in [-0.4, -0.2) is 24.5 Å². The molecule has 0 spiro atoms. The van der Waals surface area contributed by atoms with Crippen molar-refractivity contribution < 1.29 is 18.4 Å². The molecule has 0 bridgehead atoms. The zero-order valence-corrected chi connectivity index (χ0v) is 10.6. The molecule has 1 rings (SSSR count). The van der Waals surface area contributed by atoms with Gasteiger partial charge in [-0.15, -0.1) is 0 Å². The lowest BCUT2D eigenvalue weighted by molar-refractivity contribution is -0.386. The van der Waals surface area contributed by atoms with E-state index in [0.29, 0.717) is 12.1 Å². The Labute approximate surface area is 109 Å². The van der Waals surface area contributed by atoms with Gasteiger partial charge >= 0.3 is 5.69 Å². The summed E-state index contributed by atoms with van der Waals surface area (Å²) in [5.41, 5.74) is 0.418. The third-order valence-corrected chi connectivity index (χ3v) is 2.34. The first-order valence-electron chi connectivity index (χ1n) is 5.93. The molecule has 0 fully saturated rings. The molecule has 0 aliphatic heterocycles. The van der Waals surface area contributed by atoms with Crippen molar-refractivity contribution in [2.24, 2.45) is 0 Å². The predicted octanol–water partition coefficient (Wildman–Crippen LogP) is 2.74. The smallest absolute Gasteiger partial charge is 0.311 e. The number of halogens is 2. The Hall–Kier alpha value is -1.76. The lowest BCUT2D eigenvalue weighted by Crippen LogP contribution is -2.14. The van der Waals surface area contributed by atoms with Crippen LogP contribution in [0.4, 0.5) is 14.5 Å². The maximum absolute atomic E-state index is 12.0. The van der Waals surface area contributed by atoms with Crippen molar-refractivity contribution in [1.82, 2.24) is 5.32 Å². The number of nitro benzene ring substituents is 1. The second kappa shape index (κ2) is 7.63. The molecular weight excluding hydrogens is 258 g/mol. The van der Waals surface area contributed by atoms with Crippen LogP contribution >= 0.6 is 0 Å². The second-order valence-corrected chi connectivity index (χ2v) is 3.94. The summed E-state index contributed by atoms with van der Waals surface area (Å²) >= 11 is 0. The number of hydrogen-bond donors (Lipinski definition) is 1. The van der Waals surface area contributed by atoms with Gasteiger partial charge in [-0.3, -0.25) is 10.1 Å². The molecule has 0 atom stereocenters. The fraction of sp³-hybridized carbons (Fsp3) is 0.500. The molecule has 0 aliphatic carbocycles. The van der Waals surface area contributed by atoms with Gasteiger partial charge in [0.25, 0.3) is 6.43 Å². The third kappa shape index (κ3) is 5.17. The van der Waals surface area contributed by atoms with Crippen molar-refractivity contribution in [2.75, 3.05) is 13.2 Å². The van der Waals surface area contributed by atoms with E-state index < -0.39 is 18.0 Å².